The standard InChI is InChI=1S/C30H47NO11/c1-20(2)10-14-37-27(33)40-17-13-30(31,26(32)36-7)19-23-8-9-24(41-28(34)38-15-11-21(3)4)25(18-23)42-29(35)39-16-12-22(5)6/h8-9,18,20-22H,10-17,19,31H2,1-7H3/t30-/m1/s1. The average molecular weight is 598 g/mol. The molecular weight excluding hydrogens is 550 g/mol. The molecule has 0 spiro atoms. The Balaban J connectivity index is 3.06. The van der Waals surface area contributed by atoms with Crippen molar-refractivity contribution in [3.05, 3.63) is 23.8 Å². The summed E-state index contributed by atoms with van der Waals surface area (Å²) >= 11 is 0. The van der Waals surface area contributed by atoms with Crippen LogP contribution in [0, 0.1) is 17.8 Å². The third kappa shape index (κ3) is 14.9. The first-order valence-electron chi connectivity index (χ1n) is 14.2. The molecule has 0 aliphatic carbocycles. The van der Waals surface area contributed by atoms with Gasteiger partial charge in [-0.05, 0) is 54.7 Å². The molecule has 0 unspecified atom stereocenters. The minimum absolute atomic E-state index is 0.0905. The summed E-state index contributed by atoms with van der Waals surface area (Å²) in [6, 6.07) is 4.32. The first-order valence-corrected chi connectivity index (χ1v) is 14.2. The van der Waals surface area contributed by atoms with Crippen molar-refractivity contribution in [2.24, 2.45) is 23.5 Å². The van der Waals surface area contributed by atoms with Crippen LogP contribution in [0.25, 0.3) is 0 Å². The van der Waals surface area contributed by atoms with E-state index in [0.717, 1.165) is 0 Å². The molecule has 0 aliphatic heterocycles. The van der Waals surface area contributed by atoms with Gasteiger partial charge in [0.05, 0.1) is 33.5 Å². The van der Waals surface area contributed by atoms with Crippen LogP contribution < -0.4 is 15.2 Å². The van der Waals surface area contributed by atoms with Crippen molar-refractivity contribution < 1.29 is 52.3 Å². The molecule has 12 heteroatoms. The van der Waals surface area contributed by atoms with Gasteiger partial charge in [-0.1, -0.05) is 47.6 Å². The minimum Gasteiger partial charge on any atom is -0.468 e. The van der Waals surface area contributed by atoms with E-state index in [-0.39, 0.29) is 50.8 Å². The van der Waals surface area contributed by atoms with E-state index in [0.29, 0.717) is 42.6 Å². The molecule has 0 saturated carbocycles. The fourth-order valence-electron chi connectivity index (χ4n) is 3.39. The molecule has 0 aliphatic rings. The van der Waals surface area contributed by atoms with E-state index in [4.69, 9.17) is 38.9 Å². The number of nitrogens with two attached hydrogens (primary N) is 1. The topological polar surface area (TPSA) is 159 Å². The third-order valence-corrected chi connectivity index (χ3v) is 6.02. The zero-order valence-electron chi connectivity index (χ0n) is 25.9. The highest BCUT2D eigenvalue weighted by atomic mass is 16.7. The Morgan fingerprint density at radius 1 is 0.690 bits per heavy atom. The molecule has 1 rings (SSSR count). The van der Waals surface area contributed by atoms with Crippen LogP contribution in [0.1, 0.15) is 72.8 Å². The number of carbonyl (C=O) groups is 4. The zero-order chi connectivity index (χ0) is 31.7. The minimum atomic E-state index is -1.61. The predicted octanol–water partition coefficient (Wildman–Crippen LogP) is 5.81. The van der Waals surface area contributed by atoms with Crippen molar-refractivity contribution in [2.75, 3.05) is 33.5 Å². The smallest absolute Gasteiger partial charge is 0.468 e. The second kappa shape index (κ2) is 18.8. The molecule has 1 atom stereocenters. The van der Waals surface area contributed by atoms with Gasteiger partial charge >= 0.3 is 24.4 Å². The SMILES string of the molecule is COC(=O)[C@@](N)(CCOC(=O)OCCC(C)C)Cc1ccc(OC(=O)OCCC(C)C)c(OC(=O)OCCC(C)C)c1. The maximum Gasteiger partial charge on any atom is 0.513 e. The monoisotopic (exact) mass is 597 g/mol. The number of esters is 1. The Morgan fingerprint density at radius 2 is 1.14 bits per heavy atom. The molecule has 0 fully saturated rings. The molecule has 1 aromatic carbocycles. The van der Waals surface area contributed by atoms with Gasteiger partial charge in [-0.25, -0.2) is 14.4 Å². The maximum atomic E-state index is 12.6. The molecule has 0 bridgehead atoms. The molecule has 12 nitrogen and oxygen atoms in total. The van der Waals surface area contributed by atoms with Crippen LogP contribution >= 0.6 is 0 Å². The number of carbonyl (C=O) groups excluding carboxylic acids is 4. The fraction of sp³-hybridized carbons (Fsp3) is 0.667. The molecule has 0 heterocycles. The number of methoxy groups -OCH3 is 1. The lowest BCUT2D eigenvalue weighted by atomic mass is 9.88. The zero-order valence-corrected chi connectivity index (χ0v) is 25.9. The maximum absolute atomic E-state index is 12.6. The lowest BCUT2D eigenvalue weighted by Crippen LogP contribution is -2.51. The lowest BCUT2D eigenvalue weighted by molar-refractivity contribution is -0.147. The first kappa shape index (κ1) is 36.5. The van der Waals surface area contributed by atoms with Crippen molar-refractivity contribution in [3.8, 4) is 11.5 Å². The van der Waals surface area contributed by atoms with Crippen molar-refractivity contribution >= 4 is 24.4 Å². The van der Waals surface area contributed by atoms with Crippen molar-refractivity contribution in [2.45, 2.75) is 79.2 Å². The summed E-state index contributed by atoms with van der Waals surface area (Å²) in [5.41, 5.74) is 5.24. The van der Waals surface area contributed by atoms with Crippen molar-refractivity contribution in [1.82, 2.24) is 0 Å². The van der Waals surface area contributed by atoms with Gasteiger partial charge in [-0.2, -0.15) is 0 Å². The van der Waals surface area contributed by atoms with Crippen LogP contribution in [0.4, 0.5) is 14.4 Å². The van der Waals surface area contributed by atoms with Crippen LogP contribution in [-0.4, -0.2) is 63.5 Å². The van der Waals surface area contributed by atoms with Gasteiger partial charge in [0.2, 0.25) is 0 Å². The molecule has 0 aromatic heterocycles. The Kier molecular flexibility index (Phi) is 16.3. The number of rotatable bonds is 17. The summed E-state index contributed by atoms with van der Waals surface area (Å²) in [6.45, 7) is 12.2. The average Bonchev–Trinajstić information content (AvgIpc) is 2.89. The van der Waals surface area contributed by atoms with E-state index < -0.39 is 30.0 Å². The van der Waals surface area contributed by atoms with Crippen LogP contribution in [0.2, 0.25) is 0 Å². The van der Waals surface area contributed by atoms with E-state index in [9.17, 15) is 19.2 Å². The summed E-state index contributed by atoms with van der Waals surface area (Å²) in [5, 5.41) is 0. The van der Waals surface area contributed by atoms with Gasteiger partial charge in [0.1, 0.15) is 5.54 Å². The Morgan fingerprint density at radius 3 is 1.62 bits per heavy atom. The molecule has 2 N–H and O–H groups in total. The van der Waals surface area contributed by atoms with Gasteiger partial charge in [-0.15, -0.1) is 0 Å². The van der Waals surface area contributed by atoms with E-state index >= 15 is 0 Å². The fourth-order valence-corrected chi connectivity index (χ4v) is 3.39. The molecule has 0 amide bonds. The van der Waals surface area contributed by atoms with Gasteiger partial charge < -0.3 is 38.9 Å². The number of ether oxygens (including phenoxy) is 7. The lowest BCUT2D eigenvalue weighted by Gasteiger charge is -2.26. The highest BCUT2D eigenvalue weighted by Crippen LogP contribution is 2.31. The van der Waals surface area contributed by atoms with Gasteiger partial charge in [0, 0.05) is 12.8 Å². The second-order valence-electron chi connectivity index (χ2n) is 11.3. The summed E-state index contributed by atoms with van der Waals surface area (Å²) in [7, 11) is 1.19. The Labute approximate surface area is 248 Å². The first-order chi connectivity index (χ1) is 19.7. The quantitative estimate of drug-likeness (QED) is 0.131. The highest BCUT2D eigenvalue weighted by Gasteiger charge is 2.36. The number of hydrogen-bond donors (Lipinski definition) is 1. The summed E-state index contributed by atoms with van der Waals surface area (Å²) in [4.78, 5) is 49.1. The Bertz CT molecular complexity index is 1010. The molecule has 42 heavy (non-hydrogen) atoms. The van der Waals surface area contributed by atoms with Crippen molar-refractivity contribution in [1.29, 1.82) is 0 Å². The van der Waals surface area contributed by atoms with Crippen LogP contribution in [0.5, 0.6) is 11.5 Å². The number of hydrogen-bond acceptors (Lipinski definition) is 12. The summed E-state index contributed by atoms with van der Waals surface area (Å²) < 4.78 is 35.8. The molecular formula is C30H47NO11. The van der Waals surface area contributed by atoms with E-state index in [2.05, 4.69) is 0 Å². The normalized spacial score (nSPS) is 12.5. The Hall–Kier alpha value is -3.54. The van der Waals surface area contributed by atoms with Gasteiger partial charge in [-0.3, -0.25) is 4.79 Å². The molecule has 0 radical (unpaired) electrons. The van der Waals surface area contributed by atoms with E-state index in [1.165, 1.54) is 19.2 Å². The van der Waals surface area contributed by atoms with E-state index in [1.807, 2.05) is 41.5 Å². The highest BCUT2D eigenvalue weighted by molar-refractivity contribution is 5.81. The van der Waals surface area contributed by atoms with Crippen LogP contribution in [-0.2, 0) is 34.9 Å². The molecule has 0 saturated heterocycles. The van der Waals surface area contributed by atoms with Crippen LogP contribution in [0.3, 0.4) is 0 Å². The second-order valence-corrected chi connectivity index (χ2v) is 11.3. The molecule has 1 aromatic rings. The van der Waals surface area contributed by atoms with Crippen molar-refractivity contribution in [3.63, 3.8) is 0 Å². The summed E-state index contributed by atoms with van der Waals surface area (Å²) in [6.07, 6.45) is -1.06. The molecule has 238 valence electrons. The largest absolute Gasteiger partial charge is 0.513 e. The predicted molar refractivity (Wildman–Crippen MR) is 153 cm³/mol. The third-order valence-electron chi connectivity index (χ3n) is 6.02. The summed E-state index contributed by atoms with van der Waals surface area (Å²) in [5.74, 6) is 0.00877. The van der Waals surface area contributed by atoms with Gasteiger partial charge in [0.15, 0.2) is 11.5 Å². The van der Waals surface area contributed by atoms with Crippen LogP contribution in [0.15, 0.2) is 18.2 Å². The van der Waals surface area contributed by atoms with Gasteiger partial charge in [0.25, 0.3) is 0 Å². The van der Waals surface area contributed by atoms with E-state index in [1.54, 1.807) is 6.07 Å². The number of benzene rings is 1.